The molecule has 146 valence electrons. The van der Waals surface area contributed by atoms with E-state index in [-0.39, 0.29) is 10.7 Å². The molecule has 2 aromatic carbocycles. The average Bonchev–Trinajstić information content (AvgIpc) is 3.15. The molecule has 0 aliphatic carbocycles. The highest BCUT2D eigenvalue weighted by molar-refractivity contribution is 6.32. The third kappa shape index (κ3) is 4.07. The second-order valence-electron chi connectivity index (χ2n) is 5.95. The maximum Gasteiger partial charge on any atom is 0.435 e. The number of hydrogen-bond donors (Lipinski definition) is 0. The van der Waals surface area contributed by atoms with Crippen LogP contribution in [0.1, 0.15) is 5.69 Å². The predicted octanol–water partition coefficient (Wildman–Crippen LogP) is 5.79. The van der Waals surface area contributed by atoms with Crippen LogP contribution in [0, 0.1) is 0 Å². The van der Waals surface area contributed by atoms with Crippen LogP contribution in [-0.4, -0.2) is 19.7 Å². The van der Waals surface area contributed by atoms with E-state index >= 15 is 0 Å². The van der Waals surface area contributed by atoms with E-state index in [0.29, 0.717) is 22.9 Å². The number of ether oxygens (including phenoxy) is 1. The van der Waals surface area contributed by atoms with Crippen LogP contribution in [0.4, 0.5) is 13.2 Å². The Morgan fingerprint density at radius 3 is 2.38 bits per heavy atom. The molecule has 5 nitrogen and oxygen atoms in total. The Morgan fingerprint density at radius 1 is 0.966 bits per heavy atom. The highest BCUT2D eigenvalue weighted by Gasteiger charge is 2.35. The topological polar surface area (TPSA) is 52.8 Å². The minimum Gasteiger partial charge on any atom is -0.438 e. The Labute approximate surface area is 168 Å². The van der Waals surface area contributed by atoms with Crippen LogP contribution in [0.25, 0.3) is 16.9 Å². The van der Waals surface area contributed by atoms with Crippen LogP contribution in [0.3, 0.4) is 0 Å². The Morgan fingerprint density at radius 2 is 1.72 bits per heavy atom. The van der Waals surface area contributed by atoms with Gasteiger partial charge in [-0.1, -0.05) is 23.7 Å². The lowest BCUT2D eigenvalue weighted by Crippen LogP contribution is -2.07. The number of benzene rings is 2. The van der Waals surface area contributed by atoms with Gasteiger partial charge in [0.1, 0.15) is 5.75 Å². The molecule has 29 heavy (non-hydrogen) atoms. The van der Waals surface area contributed by atoms with E-state index in [1.165, 1.54) is 23.3 Å². The molecule has 0 atom stereocenters. The molecule has 0 aliphatic heterocycles. The van der Waals surface area contributed by atoms with Gasteiger partial charge in [0.05, 0.1) is 22.6 Å². The summed E-state index contributed by atoms with van der Waals surface area (Å²) in [6.07, 6.45) is -0.124. The summed E-state index contributed by atoms with van der Waals surface area (Å²) in [6.45, 7) is 0. The summed E-state index contributed by atoms with van der Waals surface area (Å²) in [5.74, 6) is 0.773. The molecule has 0 amide bonds. The molecule has 0 unspecified atom stereocenters. The molecule has 0 saturated heterocycles. The second-order valence-corrected chi connectivity index (χ2v) is 6.35. The first kappa shape index (κ1) is 18.9. The minimum absolute atomic E-state index is 0.247. The third-order valence-corrected chi connectivity index (χ3v) is 4.31. The Kier molecular flexibility index (Phi) is 4.94. The van der Waals surface area contributed by atoms with E-state index in [9.17, 15) is 13.2 Å². The van der Waals surface area contributed by atoms with Crippen molar-refractivity contribution in [2.75, 3.05) is 0 Å². The zero-order chi connectivity index (χ0) is 20.4. The standard InChI is InChI=1S/C20H12ClF3N4O/c21-15-3-1-2-4-16(15)28-17(11-18(27-28)20(22,23)24)13-5-7-14(8-6-13)29-19-12-25-9-10-26-19/h1-12H. The maximum absolute atomic E-state index is 13.3. The lowest BCUT2D eigenvalue weighted by atomic mass is 10.1. The van der Waals surface area contributed by atoms with Crippen molar-refractivity contribution in [3.05, 3.63) is 83.9 Å². The number of nitrogens with zero attached hydrogens (tertiary/aromatic N) is 4. The van der Waals surface area contributed by atoms with Gasteiger partial charge in [-0.15, -0.1) is 0 Å². The monoisotopic (exact) mass is 416 g/mol. The lowest BCUT2D eigenvalue weighted by Gasteiger charge is -2.10. The fourth-order valence-corrected chi connectivity index (χ4v) is 2.90. The van der Waals surface area contributed by atoms with Gasteiger partial charge in [0.15, 0.2) is 5.69 Å². The summed E-state index contributed by atoms with van der Waals surface area (Å²) in [5.41, 5.74) is 0.0998. The van der Waals surface area contributed by atoms with Gasteiger partial charge in [-0.25, -0.2) is 9.67 Å². The number of halogens is 4. The molecule has 0 N–H and O–H groups in total. The van der Waals surface area contributed by atoms with Gasteiger partial charge in [-0.05, 0) is 42.5 Å². The van der Waals surface area contributed by atoms with Gasteiger partial charge >= 0.3 is 6.18 Å². The molecule has 4 aromatic rings. The van der Waals surface area contributed by atoms with E-state index in [1.807, 2.05) is 0 Å². The van der Waals surface area contributed by atoms with E-state index in [1.54, 1.807) is 48.5 Å². The van der Waals surface area contributed by atoms with Gasteiger partial charge in [-0.2, -0.15) is 18.3 Å². The minimum atomic E-state index is -4.59. The van der Waals surface area contributed by atoms with Crippen molar-refractivity contribution in [3.63, 3.8) is 0 Å². The van der Waals surface area contributed by atoms with E-state index in [2.05, 4.69) is 15.1 Å². The van der Waals surface area contributed by atoms with Gasteiger partial charge in [0.25, 0.3) is 0 Å². The summed E-state index contributed by atoms with van der Waals surface area (Å²) < 4.78 is 46.6. The first-order valence-corrected chi connectivity index (χ1v) is 8.76. The molecule has 9 heteroatoms. The summed E-state index contributed by atoms with van der Waals surface area (Å²) >= 11 is 6.18. The number of hydrogen-bond acceptors (Lipinski definition) is 4. The molecule has 2 aromatic heterocycles. The fourth-order valence-electron chi connectivity index (χ4n) is 2.68. The van der Waals surface area contributed by atoms with Crippen LogP contribution < -0.4 is 4.74 Å². The Hall–Kier alpha value is -3.39. The predicted molar refractivity (Wildman–Crippen MR) is 101 cm³/mol. The normalized spacial score (nSPS) is 11.4. The highest BCUT2D eigenvalue weighted by Crippen LogP contribution is 2.35. The van der Waals surface area contributed by atoms with Crippen molar-refractivity contribution in [2.24, 2.45) is 0 Å². The van der Waals surface area contributed by atoms with Gasteiger partial charge < -0.3 is 4.74 Å². The molecule has 0 fully saturated rings. The maximum atomic E-state index is 13.3. The molecule has 0 aliphatic rings. The smallest absolute Gasteiger partial charge is 0.435 e. The molecule has 4 rings (SSSR count). The molecule has 0 saturated carbocycles. The molecule has 2 heterocycles. The van der Waals surface area contributed by atoms with E-state index < -0.39 is 11.9 Å². The van der Waals surface area contributed by atoms with Crippen LogP contribution in [0.5, 0.6) is 11.6 Å². The highest BCUT2D eigenvalue weighted by atomic mass is 35.5. The SMILES string of the molecule is FC(F)(F)c1cc(-c2ccc(Oc3cnccn3)cc2)n(-c2ccccc2Cl)n1. The van der Waals surface area contributed by atoms with Crippen molar-refractivity contribution in [2.45, 2.75) is 6.18 Å². The van der Waals surface area contributed by atoms with Crippen LogP contribution >= 0.6 is 11.6 Å². The van der Waals surface area contributed by atoms with Gasteiger partial charge in [-0.3, -0.25) is 4.98 Å². The van der Waals surface area contributed by atoms with E-state index in [4.69, 9.17) is 16.3 Å². The van der Waals surface area contributed by atoms with Gasteiger partial charge in [0.2, 0.25) is 5.88 Å². The summed E-state index contributed by atoms with van der Waals surface area (Å²) in [5, 5.41) is 4.02. The van der Waals surface area contributed by atoms with Crippen molar-refractivity contribution in [3.8, 4) is 28.6 Å². The summed E-state index contributed by atoms with van der Waals surface area (Å²) in [4.78, 5) is 7.92. The summed E-state index contributed by atoms with van der Waals surface area (Å²) in [7, 11) is 0. The third-order valence-electron chi connectivity index (χ3n) is 3.99. The van der Waals surface area contributed by atoms with Crippen LogP contribution in [-0.2, 0) is 6.18 Å². The fraction of sp³-hybridized carbons (Fsp3) is 0.0500. The second kappa shape index (κ2) is 7.56. The van der Waals surface area contributed by atoms with E-state index in [0.717, 1.165) is 6.07 Å². The zero-order valence-electron chi connectivity index (χ0n) is 14.6. The van der Waals surface area contributed by atoms with Crippen molar-refractivity contribution in [1.29, 1.82) is 0 Å². The Balaban J connectivity index is 1.74. The van der Waals surface area contributed by atoms with Gasteiger partial charge in [0, 0.05) is 18.0 Å². The molecular formula is C20H12ClF3N4O. The number of para-hydroxylation sites is 1. The van der Waals surface area contributed by atoms with Crippen molar-refractivity contribution >= 4 is 11.6 Å². The van der Waals surface area contributed by atoms with Crippen molar-refractivity contribution in [1.82, 2.24) is 19.7 Å². The largest absolute Gasteiger partial charge is 0.438 e. The average molecular weight is 417 g/mol. The molecule has 0 spiro atoms. The molecule has 0 radical (unpaired) electrons. The van der Waals surface area contributed by atoms with Crippen molar-refractivity contribution < 1.29 is 17.9 Å². The quantitative estimate of drug-likeness (QED) is 0.422. The number of alkyl halides is 3. The molecule has 0 bridgehead atoms. The van der Waals surface area contributed by atoms with Crippen LogP contribution in [0.2, 0.25) is 5.02 Å². The first-order valence-electron chi connectivity index (χ1n) is 8.38. The number of aromatic nitrogens is 4. The number of rotatable bonds is 4. The first-order chi connectivity index (χ1) is 13.9. The Bertz CT molecular complexity index is 1130. The molecular weight excluding hydrogens is 405 g/mol. The lowest BCUT2D eigenvalue weighted by molar-refractivity contribution is -0.141. The van der Waals surface area contributed by atoms with Crippen LogP contribution in [0.15, 0.2) is 73.2 Å². The summed E-state index contributed by atoms with van der Waals surface area (Å²) in [6, 6.07) is 14.1. The zero-order valence-corrected chi connectivity index (χ0v) is 15.4.